The van der Waals surface area contributed by atoms with Gasteiger partial charge < -0.3 is 15.4 Å². The molecule has 0 radical (unpaired) electrons. The summed E-state index contributed by atoms with van der Waals surface area (Å²) in [5, 5.41) is 13.2. The molecule has 2 aromatic rings. The number of pyridine rings is 1. The van der Waals surface area contributed by atoms with Crippen LogP contribution < -0.4 is 5.73 Å². The van der Waals surface area contributed by atoms with Gasteiger partial charge in [-0.05, 0) is 18.9 Å². The average molecular weight is 221 g/mol. The number of rotatable bonds is 2. The smallest absolute Gasteiger partial charge is 0.337 e. The number of nitrogen functional groups attached to an aromatic ring is 1. The molecule has 6 heteroatoms. The van der Waals surface area contributed by atoms with Crippen LogP contribution in [0.25, 0.3) is 11.1 Å². The molecule has 0 aromatic carbocycles. The van der Waals surface area contributed by atoms with Crippen molar-refractivity contribution in [1.82, 2.24) is 10.1 Å². The third kappa shape index (κ3) is 1.30. The van der Waals surface area contributed by atoms with Crippen LogP contribution in [0.5, 0.6) is 0 Å². The molecule has 0 aliphatic heterocycles. The van der Waals surface area contributed by atoms with E-state index in [-0.39, 0.29) is 17.1 Å². The molecule has 84 valence electrons. The maximum atomic E-state index is 11.1. The van der Waals surface area contributed by atoms with E-state index in [0.29, 0.717) is 23.1 Å². The number of nitrogens with zero attached hydrogens (tertiary/aromatic N) is 2. The fraction of sp³-hybridized carbons (Fsp3) is 0.300. The topological polar surface area (TPSA) is 102 Å². The molecule has 16 heavy (non-hydrogen) atoms. The third-order valence-corrected chi connectivity index (χ3v) is 2.50. The highest BCUT2D eigenvalue weighted by molar-refractivity contribution is 5.99. The van der Waals surface area contributed by atoms with E-state index in [9.17, 15) is 4.79 Å². The van der Waals surface area contributed by atoms with Gasteiger partial charge >= 0.3 is 5.97 Å². The Labute approximate surface area is 91.1 Å². The minimum atomic E-state index is -1.01. The number of nitrogens with two attached hydrogens (primary N) is 1. The lowest BCUT2D eigenvalue weighted by Gasteiger charge is -2.06. The highest BCUT2D eigenvalue weighted by Crippen LogP contribution is 2.28. The molecule has 0 spiro atoms. The number of carbonyl (C=O) groups is 1. The number of anilines is 1. The van der Waals surface area contributed by atoms with Gasteiger partial charge in [0.25, 0.3) is 5.71 Å². The highest BCUT2D eigenvalue weighted by atomic mass is 16.5. The van der Waals surface area contributed by atoms with Gasteiger partial charge in [-0.3, -0.25) is 0 Å². The second-order valence-corrected chi connectivity index (χ2v) is 3.46. The molecule has 0 aliphatic rings. The van der Waals surface area contributed by atoms with Crippen molar-refractivity contribution in [3.8, 4) is 0 Å². The largest absolute Gasteiger partial charge is 0.478 e. The zero-order valence-electron chi connectivity index (χ0n) is 8.94. The summed E-state index contributed by atoms with van der Waals surface area (Å²) in [5.74, 6) is -0.828. The predicted octanol–water partition coefficient (Wildman–Crippen LogP) is 1.37. The van der Waals surface area contributed by atoms with Crippen molar-refractivity contribution < 1.29 is 14.4 Å². The summed E-state index contributed by atoms with van der Waals surface area (Å²) in [4.78, 5) is 15.2. The van der Waals surface area contributed by atoms with Gasteiger partial charge in [0.2, 0.25) is 0 Å². The van der Waals surface area contributed by atoms with E-state index in [1.54, 1.807) is 6.92 Å². The normalized spacial score (nSPS) is 10.9. The van der Waals surface area contributed by atoms with Gasteiger partial charge in [-0.2, -0.15) is 0 Å². The Kier molecular flexibility index (Phi) is 2.26. The van der Waals surface area contributed by atoms with Crippen LogP contribution in [0.4, 0.5) is 5.82 Å². The summed E-state index contributed by atoms with van der Waals surface area (Å²) in [6, 6.07) is 0. The SMILES string of the molecule is CCc1c(C(=O)O)c(C)nc2onc(N)c12. The van der Waals surface area contributed by atoms with Crippen LogP contribution in [0.15, 0.2) is 4.52 Å². The lowest BCUT2D eigenvalue weighted by molar-refractivity contribution is 0.0694. The van der Waals surface area contributed by atoms with Gasteiger partial charge in [-0.25, -0.2) is 9.78 Å². The molecule has 2 aromatic heterocycles. The molecule has 0 unspecified atom stereocenters. The Morgan fingerprint density at radius 2 is 2.25 bits per heavy atom. The van der Waals surface area contributed by atoms with Gasteiger partial charge in [0.15, 0.2) is 5.82 Å². The van der Waals surface area contributed by atoms with Gasteiger partial charge in [-0.15, -0.1) is 0 Å². The number of carboxylic acids is 1. The first-order valence-electron chi connectivity index (χ1n) is 4.83. The fourth-order valence-corrected chi connectivity index (χ4v) is 1.84. The van der Waals surface area contributed by atoms with Crippen LogP contribution in [0.3, 0.4) is 0 Å². The van der Waals surface area contributed by atoms with Gasteiger partial charge in [0.1, 0.15) is 0 Å². The molecule has 2 heterocycles. The van der Waals surface area contributed by atoms with Gasteiger partial charge in [0, 0.05) is 0 Å². The molecule has 2 rings (SSSR count). The number of hydrogen-bond donors (Lipinski definition) is 2. The van der Waals surface area contributed by atoms with Crippen LogP contribution >= 0.6 is 0 Å². The number of aromatic nitrogens is 2. The second kappa shape index (κ2) is 3.48. The first kappa shape index (κ1) is 10.4. The van der Waals surface area contributed by atoms with Gasteiger partial charge in [-0.1, -0.05) is 12.1 Å². The second-order valence-electron chi connectivity index (χ2n) is 3.46. The standard InChI is InChI=1S/C10H11N3O3/c1-3-5-6(10(14)15)4(2)12-9-7(5)8(11)13-16-9/h3H2,1-2H3,(H2,11,13)(H,14,15). The first-order valence-corrected chi connectivity index (χ1v) is 4.83. The molecule has 0 bridgehead atoms. The summed E-state index contributed by atoms with van der Waals surface area (Å²) >= 11 is 0. The molecule has 0 saturated carbocycles. The Bertz CT molecular complexity index is 574. The minimum Gasteiger partial charge on any atom is -0.478 e. The summed E-state index contributed by atoms with van der Waals surface area (Å²) in [6.07, 6.45) is 0.535. The van der Waals surface area contributed by atoms with Crippen LogP contribution in [-0.4, -0.2) is 21.2 Å². The molecule has 0 fully saturated rings. The molecule has 0 saturated heterocycles. The Morgan fingerprint density at radius 1 is 1.56 bits per heavy atom. The molecule has 0 amide bonds. The van der Waals surface area contributed by atoms with Crippen molar-refractivity contribution in [2.75, 3.05) is 5.73 Å². The number of aromatic carboxylic acids is 1. The number of carboxylic acid groups (broad SMARTS) is 1. The fourth-order valence-electron chi connectivity index (χ4n) is 1.84. The van der Waals surface area contributed by atoms with Crippen molar-refractivity contribution in [1.29, 1.82) is 0 Å². The molecule has 6 nitrogen and oxygen atoms in total. The minimum absolute atomic E-state index is 0.182. The molecule has 0 atom stereocenters. The zero-order valence-corrected chi connectivity index (χ0v) is 8.94. The van der Waals surface area contributed by atoms with Crippen molar-refractivity contribution in [2.24, 2.45) is 0 Å². The van der Waals surface area contributed by atoms with Crippen LogP contribution in [0.1, 0.15) is 28.5 Å². The van der Waals surface area contributed by atoms with Crippen LogP contribution in [0, 0.1) is 6.92 Å². The number of fused-ring (bicyclic) bond motifs is 1. The third-order valence-electron chi connectivity index (χ3n) is 2.50. The van der Waals surface area contributed by atoms with Crippen molar-refractivity contribution in [2.45, 2.75) is 20.3 Å². The predicted molar refractivity (Wildman–Crippen MR) is 57.3 cm³/mol. The maximum Gasteiger partial charge on any atom is 0.337 e. The molecule has 3 N–H and O–H groups in total. The highest BCUT2D eigenvalue weighted by Gasteiger charge is 2.21. The molecular weight excluding hydrogens is 210 g/mol. The summed E-state index contributed by atoms with van der Waals surface area (Å²) in [7, 11) is 0. The Hall–Kier alpha value is -2.11. The van der Waals surface area contributed by atoms with E-state index >= 15 is 0 Å². The van der Waals surface area contributed by atoms with E-state index < -0.39 is 5.97 Å². The lowest BCUT2D eigenvalue weighted by Crippen LogP contribution is -2.07. The molecular formula is C10H11N3O3. The number of aryl methyl sites for hydroxylation is 2. The average Bonchev–Trinajstić information content (AvgIpc) is 2.57. The number of hydrogen-bond acceptors (Lipinski definition) is 5. The Morgan fingerprint density at radius 3 is 2.81 bits per heavy atom. The van der Waals surface area contributed by atoms with Crippen molar-refractivity contribution in [3.63, 3.8) is 0 Å². The van der Waals surface area contributed by atoms with E-state index in [0.717, 1.165) is 0 Å². The monoisotopic (exact) mass is 221 g/mol. The lowest BCUT2D eigenvalue weighted by atomic mass is 10.0. The van der Waals surface area contributed by atoms with Crippen molar-refractivity contribution >= 4 is 22.9 Å². The first-order chi connectivity index (χ1) is 7.56. The summed E-state index contributed by atoms with van der Waals surface area (Å²) in [6.45, 7) is 3.48. The van der Waals surface area contributed by atoms with E-state index in [1.807, 2.05) is 6.92 Å². The van der Waals surface area contributed by atoms with Crippen molar-refractivity contribution in [3.05, 3.63) is 16.8 Å². The quantitative estimate of drug-likeness (QED) is 0.794. The summed E-state index contributed by atoms with van der Waals surface area (Å²) < 4.78 is 4.93. The zero-order chi connectivity index (χ0) is 11.9. The van der Waals surface area contributed by atoms with Crippen LogP contribution in [0.2, 0.25) is 0 Å². The van der Waals surface area contributed by atoms with E-state index in [4.69, 9.17) is 15.4 Å². The van der Waals surface area contributed by atoms with E-state index in [1.165, 1.54) is 0 Å². The maximum absolute atomic E-state index is 11.1. The van der Waals surface area contributed by atoms with Crippen LogP contribution in [-0.2, 0) is 6.42 Å². The molecule has 0 aliphatic carbocycles. The van der Waals surface area contributed by atoms with E-state index in [2.05, 4.69) is 10.1 Å². The summed E-state index contributed by atoms with van der Waals surface area (Å²) in [5.41, 5.74) is 7.14. The van der Waals surface area contributed by atoms with Gasteiger partial charge in [0.05, 0.1) is 16.6 Å². The Balaban J connectivity index is 2.94.